The van der Waals surface area contributed by atoms with E-state index in [0.29, 0.717) is 12.0 Å². The second-order valence-corrected chi connectivity index (χ2v) is 5.06. The molecule has 92 valence electrons. The van der Waals surface area contributed by atoms with Crippen molar-refractivity contribution in [2.24, 2.45) is 13.0 Å². The van der Waals surface area contributed by atoms with Crippen molar-refractivity contribution in [3.05, 3.63) is 18.6 Å². The SMILES string of the molecule is CC(C)CC(C)Nc1nccc2c1ncn2C. The number of rotatable bonds is 4. The highest BCUT2D eigenvalue weighted by atomic mass is 15.1. The Bertz CT molecular complexity index is 501. The zero-order valence-electron chi connectivity index (χ0n) is 10.9. The lowest BCUT2D eigenvalue weighted by molar-refractivity contribution is 0.539. The molecule has 4 heteroatoms. The summed E-state index contributed by atoms with van der Waals surface area (Å²) < 4.78 is 2.01. The van der Waals surface area contributed by atoms with Crippen molar-refractivity contribution in [2.75, 3.05) is 5.32 Å². The smallest absolute Gasteiger partial charge is 0.154 e. The van der Waals surface area contributed by atoms with Gasteiger partial charge in [-0.3, -0.25) is 0 Å². The maximum atomic E-state index is 4.39. The third-order valence-corrected chi connectivity index (χ3v) is 2.85. The van der Waals surface area contributed by atoms with Crippen LogP contribution in [0.25, 0.3) is 11.0 Å². The molecule has 2 rings (SSSR count). The standard InChI is InChI=1S/C13H20N4/c1-9(2)7-10(3)16-13-12-11(5-6-14-13)17(4)8-15-12/h5-6,8-10H,7H2,1-4H3,(H,14,16). The van der Waals surface area contributed by atoms with E-state index in [2.05, 4.69) is 36.1 Å². The van der Waals surface area contributed by atoms with E-state index in [-0.39, 0.29) is 0 Å². The lowest BCUT2D eigenvalue weighted by Crippen LogP contribution is -2.18. The van der Waals surface area contributed by atoms with E-state index in [1.165, 1.54) is 0 Å². The van der Waals surface area contributed by atoms with Gasteiger partial charge in [0.05, 0.1) is 11.8 Å². The highest BCUT2D eigenvalue weighted by Gasteiger charge is 2.10. The highest BCUT2D eigenvalue weighted by molar-refractivity contribution is 5.85. The average Bonchev–Trinajstić information content (AvgIpc) is 2.61. The zero-order chi connectivity index (χ0) is 12.4. The number of anilines is 1. The predicted octanol–water partition coefficient (Wildman–Crippen LogP) is 2.81. The average molecular weight is 232 g/mol. The Labute approximate surface area is 102 Å². The van der Waals surface area contributed by atoms with Crippen LogP contribution in [0.1, 0.15) is 27.2 Å². The summed E-state index contributed by atoms with van der Waals surface area (Å²) in [5, 5.41) is 3.44. The van der Waals surface area contributed by atoms with Crippen molar-refractivity contribution < 1.29 is 0 Å². The molecule has 2 heterocycles. The molecule has 4 nitrogen and oxygen atoms in total. The molecule has 0 saturated heterocycles. The van der Waals surface area contributed by atoms with Crippen LogP contribution in [-0.4, -0.2) is 20.6 Å². The number of hydrogen-bond acceptors (Lipinski definition) is 3. The molecule has 0 bridgehead atoms. The van der Waals surface area contributed by atoms with E-state index in [9.17, 15) is 0 Å². The van der Waals surface area contributed by atoms with Gasteiger partial charge in [0.2, 0.25) is 0 Å². The second kappa shape index (κ2) is 4.73. The van der Waals surface area contributed by atoms with Crippen LogP contribution in [0.5, 0.6) is 0 Å². The third-order valence-electron chi connectivity index (χ3n) is 2.85. The van der Waals surface area contributed by atoms with Gasteiger partial charge in [-0.25, -0.2) is 9.97 Å². The van der Waals surface area contributed by atoms with E-state index < -0.39 is 0 Å². The molecular formula is C13H20N4. The van der Waals surface area contributed by atoms with Gasteiger partial charge in [-0.2, -0.15) is 0 Å². The van der Waals surface area contributed by atoms with E-state index in [4.69, 9.17) is 0 Å². The normalized spacial score (nSPS) is 13.2. The molecule has 1 N–H and O–H groups in total. The lowest BCUT2D eigenvalue weighted by atomic mass is 10.1. The van der Waals surface area contributed by atoms with E-state index >= 15 is 0 Å². The molecule has 0 aliphatic heterocycles. The summed E-state index contributed by atoms with van der Waals surface area (Å²) in [6.07, 6.45) is 4.78. The zero-order valence-corrected chi connectivity index (χ0v) is 10.9. The van der Waals surface area contributed by atoms with Crippen molar-refractivity contribution >= 4 is 16.9 Å². The van der Waals surface area contributed by atoms with Crippen molar-refractivity contribution in [3.63, 3.8) is 0 Å². The van der Waals surface area contributed by atoms with Gasteiger partial charge < -0.3 is 9.88 Å². The number of aryl methyl sites for hydroxylation is 1. The quantitative estimate of drug-likeness (QED) is 0.881. The fourth-order valence-corrected chi connectivity index (χ4v) is 2.17. The van der Waals surface area contributed by atoms with Crippen LogP contribution in [0, 0.1) is 5.92 Å². The third kappa shape index (κ3) is 2.57. The van der Waals surface area contributed by atoms with Crippen LogP contribution < -0.4 is 5.32 Å². The first kappa shape index (κ1) is 11.9. The van der Waals surface area contributed by atoms with Gasteiger partial charge in [-0.1, -0.05) is 13.8 Å². The first-order valence-corrected chi connectivity index (χ1v) is 6.10. The second-order valence-electron chi connectivity index (χ2n) is 5.06. The van der Waals surface area contributed by atoms with E-state index in [1.807, 2.05) is 30.2 Å². The maximum Gasteiger partial charge on any atom is 0.154 e. The molecule has 1 atom stereocenters. The van der Waals surface area contributed by atoms with Crippen molar-refractivity contribution in [1.29, 1.82) is 0 Å². The van der Waals surface area contributed by atoms with Gasteiger partial charge in [-0.15, -0.1) is 0 Å². The molecule has 2 aromatic rings. The summed E-state index contributed by atoms with van der Waals surface area (Å²) in [4.78, 5) is 8.77. The minimum absolute atomic E-state index is 0.412. The number of imidazole rings is 1. The minimum Gasteiger partial charge on any atom is -0.366 e. The van der Waals surface area contributed by atoms with Crippen LogP contribution in [0.15, 0.2) is 18.6 Å². The molecule has 0 aliphatic carbocycles. The lowest BCUT2D eigenvalue weighted by Gasteiger charge is -2.16. The van der Waals surface area contributed by atoms with Gasteiger partial charge in [0, 0.05) is 19.3 Å². The van der Waals surface area contributed by atoms with E-state index in [1.54, 1.807) is 0 Å². The summed E-state index contributed by atoms with van der Waals surface area (Å²) in [6.45, 7) is 6.64. The molecule has 0 radical (unpaired) electrons. The van der Waals surface area contributed by atoms with Crippen LogP contribution in [-0.2, 0) is 7.05 Å². The minimum atomic E-state index is 0.412. The van der Waals surface area contributed by atoms with Gasteiger partial charge in [0.1, 0.15) is 5.52 Å². The summed E-state index contributed by atoms with van der Waals surface area (Å²) in [6, 6.07) is 2.40. The topological polar surface area (TPSA) is 42.7 Å². The Morgan fingerprint density at radius 1 is 1.29 bits per heavy atom. The Morgan fingerprint density at radius 3 is 2.76 bits per heavy atom. The molecule has 0 aliphatic rings. The van der Waals surface area contributed by atoms with Gasteiger partial charge >= 0.3 is 0 Å². The van der Waals surface area contributed by atoms with Crippen LogP contribution in [0.2, 0.25) is 0 Å². The molecule has 0 spiro atoms. The molecule has 0 aromatic carbocycles. The number of aromatic nitrogens is 3. The Hall–Kier alpha value is -1.58. The number of nitrogens with one attached hydrogen (secondary N) is 1. The van der Waals surface area contributed by atoms with E-state index in [0.717, 1.165) is 23.3 Å². The van der Waals surface area contributed by atoms with Crippen LogP contribution >= 0.6 is 0 Å². The molecule has 0 amide bonds. The van der Waals surface area contributed by atoms with Crippen molar-refractivity contribution in [2.45, 2.75) is 33.2 Å². The van der Waals surface area contributed by atoms with Crippen molar-refractivity contribution in [3.8, 4) is 0 Å². The number of pyridine rings is 1. The van der Waals surface area contributed by atoms with Crippen molar-refractivity contribution in [1.82, 2.24) is 14.5 Å². The predicted molar refractivity (Wildman–Crippen MR) is 71.0 cm³/mol. The summed E-state index contributed by atoms with van der Waals surface area (Å²) in [5.74, 6) is 1.57. The molecule has 2 aromatic heterocycles. The Kier molecular flexibility index (Phi) is 3.31. The van der Waals surface area contributed by atoms with Gasteiger partial charge in [-0.05, 0) is 25.3 Å². The Morgan fingerprint density at radius 2 is 2.06 bits per heavy atom. The first-order valence-electron chi connectivity index (χ1n) is 6.10. The van der Waals surface area contributed by atoms with Crippen LogP contribution in [0.4, 0.5) is 5.82 Å². The largest absolute Gasteiger partial charge is 0.366 e. The summed E-state index contributed by atoms with van der Waals surface area (Å²) >= 11 is 0. The molecular weight excluding hydrogens is 212 g/mol. The van der Waals surface area contributed by atoms with Gasteiger partial charge in [0.25, 0.3) is 0 Å². The fourth-order valence-electron chi connectivity index (χ4n) is 2.17. The number of hydrogen-bond donors (Lipinski definition) is 1. The highest BCUT2D eigenvalue weighted by Crippen LogP contribution is 2.20. The number of fused-ring (bicyclic) bond motifs is 1. The Balaban J connectivity index is 2.24. The maximum absolute atomic E-state index is 4.39. The first-order chi connectivity index (χ1) is 8.08. The number of nitrogens with zero attached hydrogens (tertiary/aromatic N) is 3. The molecule has 0 fully saturated rings. The molecule has 0 saturated carbocycles. The molecule has 17 heavy (non-hydrogen) atoms. The molecule has 1 unspecified atom stereocenters. The monoisotopic (exact) mass is 232 g/mol. The van der Waals surface area contributed by atoms with Crippen LogP contribution in [0.3, 0.4) is 0 Å². The fraction of sp³-hybridized carbons (Fsp3) is 0.538. The summed E-state index contributed by atoms with van der Waals surface area (Å²) in [7, 11) is 2.00. The van der Waals surface area contributed by atoms with Gasteiger partial charge in [0.15, 0.2) is 5.82 Å². The summed E-state index contributed by atoms with van der Waals surface area (Å²) in [5.41, 5.74) is 2.06.